The summed E-state index contributed by atoms with van der Waals surface area (Å²) in [6.45, 7) is 11.3. The Morgan fingerprint density at radius 2 is 1.59 bits per heavy atom. The molecule has 6 nitrogen and oxygen atoms in total. The Hall–Kier alpha value is -3.67. The van der Waals surface area contributed by atoms with Gasteiger partial charge in [-0.1, -0.05) is 38.6 Å². The monoisotopic (exact) mass is 457 g/mol. The topological polar surface area (TPSA) is 61.4 Å². The highest BCUT2D eigenvalue weighted by Crippen LogP contribution is 2.21. The van der Waals surface area contributed by atoms with Gasteiger partial charge in [-0.3, -0.25) is 14.8 Å². The first-order valence-corrected chi connectivity index (χ1v) is 12.0. The Kier molecular flexibility index (Phi) is 9.21. The maximum Gasteiger partial charge on any atom is 0.223 e. The number of hydrogen-bond acceptors (Lipinski definition) is 5. The van der Waals surface area contributed by atoms with E-state index in [1.54, 1.807) is 6.20 Å². The Morgan fingerprint density at radius 1 is 0.912 bits per heavy atom. The first kappa shape index (κ1) is 25.0. The van der Waals surface area contributed by atoms with Gasteiger partial charge in [-0.2, -0.15) is 0 Å². The highest BCUT2D eigenvalue weighted by Gasteiger charge is 2.22. The number of anilines is 1. The van der Waals surface area contributed by atoms with Crippen molar-refractivity contribution in [3.63, 3.8) is 0 Å². The minimum atomic E-state index is 0.217. The molecule has 1 aliphatic heterocycles. The number of nitrogens with one attached hydrogen (secondary N) is 1. The van der Waals surface area contributed by atoms with Gasteiger partial charge in [-0.15, -0.1) is 0 Å². The molecule has 1 fully saturated rings. The molecule has 0 bridgehead atoms. The summed E-state index contributed by atoms with van der Waals surface area (Å²) in [6.07, 6.45) is 4.93. The molecule has 3 aromatic rings. The molecule has 4 rings (SSSR count). The number of aryl methyl sites for hydroxylation is 1. The van der Waals surface area contributed by atoms with Crippen LogP contribution < -0.4 is 5.32 Å². The third kappa shape index (κ3) is 6.44. The van der Waals surface area contributed by atoms with Gasteiger partial charge in [0, 0.05) is 69.0 Å². The van der Waals surface area contributed by atoms with Crippen LogP contribution in [0, 0.1) is 0 Å². The minimum Gasteiger partial charge on any atom is -0.388 e. The van der Waals surface area contributed by atoms with Crippen LogP contribution in [0.4, 0.5) is 5.69 Å². The molecule has 178 valence electrons. The number of piperazine rings is 1. The number of nitrogens with zero attached hydrogens (tertiary/aromatic N) is 4. The quantitative estimate of drug-likeness (QED) is 0.543. The van der Waals surface area contributed by atoms with Crippen molar-refractivity contribution in [2.75, 3.05) is 38.5 Å². The van der Waals surface area contributed by atoms with Crippen molar-refractivity contribution < 1.29 is 4.79 Å². The van der Waals surface area contributed by atoms with E-state index in [4.69, 9.17) is 0 Å². The molecular formula is C28H35N5O. The Morgan fingerprint density at radius 3 is 2.18 bits per heavy atom. The Bertz CT molecular complexity index is 1040. The van der Waals surface area contributed by atoms with Gasteiger partial charge in [0.1, 0.15) is 0 Å². The standard InChI is InChI=1S/C26H29N5O.C2H6/c1-20(22-9-12-25(29-19-22)24-5-3-4-14-28-24)30-15-17-31(18-16-30)26(32)13-8-21-6-10-23(27-2)11-7-21;1-2/h3-7,9-12,14,19,27H,1,8,13,15-18H2,2H3;1-2H3. The first-order valence-electron chi connectivity index (χ1n) is 12.0. The lowest BCUT2D eigenvalue weighted by Gasteiger charge is -2.37. The molecule has 0 aliphatic carbocycles. The smallest absolute Gasteiger partial charge is 0.223 e. The summed E-state index contributed by atoms with van der Waals surface area (Å²) in [7, 11) is 1.90. The molecule has 1 aromatic carbocycles. The number of amides is 1. The van der Waals surface area contributed by atoms with Crippen molar-refractivity contribution in [1.82, 2.24) is 19.8 Å². The number of pyridine rings is 2. The van der Waals surface area contributed by atoms with Crippen LogP contribution in [-0.2, 0) is 11.2 Å². The molecule has 3 heterocycles. The van der Waals surface area contributed by atoms with E-state index in [0.717, 1.165) is 60.9 Å². The van der Waals surface area contributed by atoms with Gasteiger partial charge in [0.25, 0.3) is 0 Å². The molecule has 1 amide bonds. The maximum absolute atomic E-state index is 12.7. The van der Waals surface area contributed by atoms with Crippen molar-refractivity contribution >= 4 is 17.3 Å². The van der Waals surface area contributed by atoms with Crippen LogP contribution in [0.15, 0.2) is 73.6 Å². The zero-order chi connectivity index (χ0) is 24.3. The van der Waals surface area contributed by atoms with Crippen molar-refractivity contribution in [3.8, 4) is 11.4 Å². The predicted octanol–water partition coefficient (Wildman–Crippen LogP) is 4.96. The molecule has 0 radical (unpaired) electrons. The summed E-state index contributed by atoms with van der Waals surface area (Å²) >= 11 is 0. The lowest BCUT2D eigenvalue weighted by molar-refractivity contribution is -0.132. The van der Waals surface area contributed by atoms with E-state index >= 15 is 0 Å². The van der Waals surface area contributed by atoms with Gasteiger partial charge >= 0.3 is 0 Å². The second kappa shape index (κ2) is 12.5. The first-order chi connectivity index (χ1) is 16.6. The van der Waals surface area contributed by atoms with E-state index in [1.165, 1.54) is 5.56 Å². The summed E-state index contributed by atoms with van der Waals surface area (Å²) in [4.78, 5) is 25.8. The third-order valence-electron chi connectivity index (χ3n) is 5.91. The zero-order valence-corrected chi connectivity index (χ0v) is 20.5. The van der Waals surface area contributed by atoms with Gasteiger partial charge in [0.05, 0.1) is 11.4 Å². The summed E-state index contributed by atoms with van der Waals surface area (Å²) in [6, 6.07) is 18.1. The molecule has 6 heteroatoms. The number of rotatable bonds is 7. The van der Waals surface area contributed by atoms with Crippen molar-refractivity contribution in [3.05, 3.63) is 84.7 Å². The fraction of sp³-hybridized carbons (Fsp3) is 0.321. The van der Waals surface area contributed by atoms with Crippen LogP contribution in [0.3, 0.4) is 0 Å². The average molecular weight is 458 g/mol. The molecule has 1 N–H and O–H groups in total. The van der Waals surface area contributed by atoms with Crippen LogP contribution in [0.5, 0.6) is 0 Å². The molecule has 34 heavy (non-hydrogen) atoms. The molecule has 0 atom stereocenters. The Balaban J connectivity index is 0.00000158. The molecule has 1 saturated heterocycles. The van der Waals surface area contributed by atoms with Gasteiger partial charge in [-0.05, 0) is 48.4 Å². The maximum atomic E-state index is 12.7. The van der Waals surface area contributed by atoms with Gasteiger partial charge in [0.15, 0.2) is 0 Å². The van der Waals surface area contributed by atoms with Crippen LogP contribution in [0.1, 0.15) is 31.4 Å². The van der Waals surface area contributed by atoms with E-state index in [1.807, 2.05) is 74.5 Å². The number of carbonyl (C=O) groups is 1. The number of hydrogen-bond donors (Lipinski definition) is 1. The second-order valence-corrected chi connectivity index (χ2v) is 7.91. The van der Waals surface area contributed by atoms with E-state index in [2.05, 4.69) is 38.9 Å². The summed E-state index contributed by atoms with van der Waals surface area (Å²) < 4.78 is 0. The lowest BCUT2D eigenvalue weighted by atomic mass is 10.1. The Labute approximate surface area is 203 Å². The predicted molar refractivity (Wildman–Crippen MR) is 140 cm³/mol. The van der Waals surface area contributed by atoms with E-state index in [0.29, 0.717) is 6.42 Å². The van der Waals surface area contributed by atoms with E-state index in [-0.39, 0.29) is 5.91 Å². The summed E-state index contributed by atoms with van der Waals surface area (Å²) in [5, 5.41) is 3.11. The fourth-order valence-corrected chi connectivity index (χ4v) is 3.89. The molecule has 0 spiro atoms. The highest BCUT2D eigenvalue weighted by atomic mass is 16.2. The van der Waals surface area contributed by atoms with Crippen LogP contribution in [0.25, 0.3) is 17.1 Å². The van der Waals surface area contributed by atoms with E-state index < -0.39 is 0 Å². The van der Waals surface area contributed by atoms with Gasteiger partial charge in [-0.25, -0.2) is 0 Å². The number of benzene rings is 1. The minimum absolute atomic E-state index is 0.217. The van der Waals surface area contributed by atoms with Crippen molar-refractivity contribution in [1.29, 1.82) is 0 Å². The molecule has 2 aromatic heterocycles. The van der Waals surface area contributed by atoms with Crippen LogP contribution >= 0.6 is 0 Å². The number of carbonyl (C=O) groups excluding carboxylic acids is 1. The second-order valence-electron chi connectivity index (χ2n) is 7.91. The van der Waals surface area contributed by atoms with Crippen LogP contribution in [0.2, 0.25) is 0 Å². The summed E-state index contributed by atoms with van der Waals surface area (Å²) in [5.74, 6) is 0.217. The molecule has 0 unspecified atom stereocenters. The molecular weight excluding hydrogens is 422 g/mol. The SMILES string of the molecule is C=C(c1ccc(-c2ccccn2)nc1)N1CCN(C(=O)CCc2ccc(NC)cc2)CC1.CC. The fourth-order valence-electron chi connectivity index (χ4n) is 3.89. The normalized spacial score (nSPS) is 13.0. The van der Waals surface area contributed by atoms with Crippen molar-refractivity contribution in [2.24, 2.45) is 0 Å². The van der Waals surface area contributed by atoms with Gasteiger partial charge < -0.3 is 15.1 Å². The molecule has 1 aliphatic rings. The largest absolute Gasteiger partial charge is 0.388 e. The summed E-state index contributed by atoms with van der Waals surface area (Å²) in [5.41, 5.74) is 5.91. The number of aromatic nitrogens is 2. The van der Waals surface area contributed by atoms with E-state index in [9.17, 15) is 4.79 Å². The van der Waals surface area contributed by atoms with Crippen LogP contribution in [-0.4, -0.2) is 58.9 Å². The highest BCUT2D eigenvalue weighted by molar-refractivity contribution is 5.76. The molecule has 0 saturated carbocycles. The average Bonchev–Trinajstić information content (AvgIpc) is 2.93. The lowest BCUT2D eigenvalue weighted by Crippen LogP contribution is -2.47. The zero-order valence-electron chi connectivity index (χ0n) is 20.5. The van der Waals surface area contributed by atoms with Gasteiger partial charge in [0.2, 0.25) is 5.91 Å². The third-order valence-corrected chi connectivity index (χ3v) is 5.91. The van der Waals surface area contributed by atoms with Crippen molar-refractivity contribution in [2.45, 2.75) is 26.7 Å².